The molecule has 1 aromatic heterocycles. The van der Waals surface area contributed by atoms with Crippen LogP contribution >= 0.6 is 15.9 Å². The van der Waals surface area contributed by atoms with Gasteiger partial charge in [-0.25, -0.2) is 23.5 Å². The summed E-state index contributed by atoms with van der Waals surface area (Å²) in [5, 5.41) is 10.9. The number of nitrogens with one attached hydrogen (secondary N) is 1. The highest BCUT2D eigenvalue weighted by Crippen LogP contribution is 2.20. The van der Waals surface area contributed by atoms with Gasteiger partial charge in [0.2, 0.25) is 0 Å². The molecule has 9 heteroatoms. The Morgan fingerprint density at radius 1 is 1.14 bits per heavy atom. The molecule has 2 rings (SSSR count). The summed E-state index contributed by atoms with van der Waals surface area (Å²) in [4.78, 5) is 29.9. The van der Waals surface area contributed by atoms with Gasteiger partial charge in [-0.2, -0.15) is 0 Å². The van der Waals surface area contributed by atoms with Crippen molar-refractivity contribution in [2.24, 2.45) is 0 Å². The van der Waals surface area contributed by atoms with E-state index in [9.17, 15) is 18.4 Å². The van der Waals surface area contributed by atoms with Gasteiger partial charge in [0.05, 0.1) is 0 Å². The number of aromatic nitrogens is 2. The zero-order valence-electron chi connectivity index (χ0n) is 10.1. The van der Waals surface area contributed by atoms with E-state index in [-0.39, 0.29) is 4.47 Å². The Kier molecular flexibility index (Phi) is 4.22. The van der Waals surface area contributed by atoms with E-state index in [2.05, 4.69) is 25.9 Å². The van der Waals surface area contributed by atoms with Gasteiger partial charge in [-0.3, -0.25) is 4.79 Å². The topological polar surface area (TPSA) is 92.2 Å². The third-order valence-corrected chi connectivity index (χ3v) is 2.82. The number of carboxylic acid groups (broad SMARTS) is 1. The van der Waals surface area contributed by atoms with Crippen LogP contribution in [0.3, 0.4) is 0 Å². The van der Waals surface area contributed by atoms with E-state index in [1.54, 1.807) is 0 Å². The molecule has 0 atom stereocenters. The number of amides is 1. The van der Waals surface area contributed by atoms with Gasteiger partial charge in [0.15, 0.2) is 11.5 Å². The summed E-state index contributed by atoms with van der Waals surface area (Å²) in [5.74, 6) is -5.20. The van der Waals surface area contributed by atoms with Crippen molar-refractivity contribution in [2.45, 2.75) is 0 Å². The first-order chi connectivity index (χ1) is 9.90. The molecule has 0 radical (unpaired) electrons. The Morgan fingerprint density at radius 3 is 2.29 bits per heavy atom. The maximum absolute atomic E-state index is 13.6. The van der Waals surface area contributed by atoms with E-state index in [0.29, 0.717) is 0 Å². The summed E-state index contributed by atoms with van der Waals surface area (Å²) in [6.07, 6.45) is 2.25. The van der Waals surface area contributed by atoms with Gasteiger partial charge in [-0.15, -0.1) is 0 Å². The molecule has 0 fully saturated rings. The molecule has 21 heavy (non-hydrogen) atoms. The minimum atomic E-state index is -1.44. The van der Waals surface area contributed by atoms with Crippen molar-refractivity contribution in [3.63, 3.8) is 0 Å². The number of halogens is 3. The average Bonchev–Trinajstić information content (AvgIpc) is 2.37. The molecular formula is C12H6BrF2N3O3. The van der Waals surface area contributed by atoms with Crippen molar-refractivity contribution in [3.05, 3.63) is 51.9 Å². The van der Waals surface area contributed by atoms with Crippen LogP contribution in [0, 0.1) is 11.6 Å². The van der Waals surface area contributed by atoms with Gasteiger partial charge in [0.25, 0.3) is 5.91 Å². The molecule has 0 aliphatic heterocycles. The van der Waals surface area contributed by atoms with Gasteiger partial charge >= 0.3 is 5.97 Å². The summed E-state index contributed by atoms with van der Waals surface area (Å²) < 4.78 is 27.4. The Balaban J connectivity index is 2.38. The second kappa shape index (κ2) is 5.92. The molecule has 0 aliphatic carbocycles. The fourth-order valence-electron chi connectivity index (χ4n) is 1.52. The molecule has 1 amide bonds. The van der Waals surface area contributed by atoms with E-state index < -0.39 is 40.6 Å². The monoisotopic (exact) mass is 357 g/mol. The standard InChI is InChI=1S/C12H6BrF2N3O3/c13-5-3-6(14)8(7(15)4-5)11(19)18-10-9(12(20)21)16-1-2-17-10/h1-4H,(H,20,21)(H,17,18,19). The normalized spacial score (nSPS) is 10.2. The van der Waals surface area contributed by atoms with Crippen molar-refractivity contribution in [3.8, 4) is 0 Å². The largest absolute Gasteiger partial charge is 0.476 e. The van der Waals surface area contributed by atoms with Gasteiger partial charge < -0.3 is 10.4 Å². The number of nitrogens with zero attached hydrogens (tertiary/aromatic N) is 2. The lowest BCUT2D eigenvalue weighted by Crippen LogP contribution is -2.19. The quantitative estimate of drug-likeness (QED) is 0.880. The smallest absolute Gasteiger partial charge is 0.358 e. The first-order valence-corrected chi connectivity index (χ1v) is 6.19. The first kappa shape index (κ1) is 15.0. The number of carbonyl (C=O) groups excluding carboxylic acids is 1. The number of hydrogen-bond acceptors (Lipinski definition) is 4. The second-order valence-corrected chi connectivity index (χ2v) is 4.67. The number of hydrogen-bond donors (Lipinski definition) is 2. The molecule has 1 heterocycles. The molecule has 0 saturated heterocycles. The van der Waals surface area contributed by atoms with E-state index >= 15 is 0 Å². The lowest BCUT2D eigenvalue weighted by Gasteiger charge is -2.08. The van der Waals surface area contributed by atoms with Crippen LogP contribution in [-0.2, 0) is 0 Å². The Morgan fingerprint density at radius 2 is 1.71 bits per heavy atom. The summed E-state index contributed by atoms with van der Waals surface area (Å²) in [6, 6.07) is 1.82. The van der Waals surface area contributed by atoms with Gasteiger partial charge in [-0.1, -0.05) is 15.9 Å². The van der Waals surface area contributed by atoms with E-state index in [1.807, 2.05) is 5.32 Å². The predicted molar refractivity (Wildman–Crippen MR) is 71.0 cm³/mol. The number of rotatable bonds is 3. The minimum Gasteiger partial charge on any atom is -0.476 e. The molecule has 6 nitrogen and oxygen atoms in total. The highest BCUT2D eigenvalue weighted by Gasteiger charge is 2.21. The van der Waals surface area contributed by atoms with Gasteiger partial charge in [0.1, 0.15) is 17.2 Å². The SMILES string of the molecule is O=C(O)c1nccnc1NC(=O)c1c(F)cc(Br)cc1F. The van der Waals surface area contributed by atoms with Crippen molar-refractivity contribution in [1.82, 2.24) is 9.97 Å². The zero-order valence-corrected chi connectivity index (χ0v) is 11.7. The van der Waals surface area contributed by atoms with E-state index in [4.69, 9.17) is 5.11 Å². The van der Waals surface area contributed by atoms with E-state index in [0.717, 1.165) is 24.5 Å². The number of carbonyl (C=O) groups is 2. The van der Waals surface area contributed by atoms with Gasteiger partial charge in [0, 0.05) is 16.9 Å². The van der Waals surface area contributed by atoms with Crippen molar-refractivity contribution >= 4 is 33.6 Å². The molecule has 2 N–H and O–H groups in total. The van der Waals surface area contributed by atoms with Crippen LogP contribution < -0.4 is 5.32 Å². The highest BCUT2D eigenvalue weighted by atomic mass is 79.9. The van der Waals surface area contributed by atoms with Crippen molar-refractivity contribution in [1.29, 1.82) is 0 Å². The number of carboxylic acids is 1. The fraction of sp³-hybridized carbons (Fsp3) is 0. The molecular weight excluding hydrogens is 352 g/mol. The lowest BCUT2D eigenvalue weighted by atomic mass is 10.2. The highest BCUT2D eigenvalue weighted by molar-refractivity contribution is 9.10. The van der Waals surface area contributed by atoms with Crippen LogP contribution in [0.25, 0.3) is 0 Å². The summed E-state index contributed by atoms with van der Waals surface area (Å²) in [7, 11) is 0. The number of aromatic carboxylic acids is 1. The molecule has 0 bridgehead atoms. The number of benzene rings is 1. The zero-order chi connectivity index (χ0) is 15.6. The number of anilines is 1. The lowest BCUT2D eigenvalue weighted by molar-refractivity contribution is 0.0691. The van der Waals surface area contributed by atoms with Crippen LogP contribution in [0.15, 0.2) is 29.0 Å². The first-order valence-electron chi connectivity index (χ1n) is 5.40. The summed E-state index contributed by atoms with van der Waals surface area (Å²) in [6.45, 7) is 0. The van der Waals surface area contributed by atoms with Crippen LogP contribution in [0.2, 0.25) is 0 Å². The van der Waals surface area contributed by atoms with Gasteiger partial charge in [-0.05, 0) is 12.1 Å². The fourth-order valence-corrected chi connectivity index (χ4v) is 1.92. The molecule has 0 spiro atoms. The average molecular weight is 358 g/mol. The van der Waals surface area contributed by atoms with Crippen LogP contribution in [0.4, 0.5) is 14.6 Å². The molecule has 0 aliphatic rings. The maximum Gasteiger partial charge on any atom is 0.358 e. The van der Waals surface area contributed by atoms with Crippen LogP contribution in [-0.4, -0.2) is 27.0 Å². The Bertz CT molecular complexity index is 716. The molecule has 108 valence electrons. The third-order valence-electron chi connectivity index (χ3n) is 2.37. The molecule has 0 unspecified atom stereocenters. The molecule has 0 saturated carbocycles. The van der Waals surface area contributed by atoms with Crippen LogP contribution in [0.1, 0.15) is 20.8 Å². The Hall–Kier alpha value is -2.42. The van der Waals surface area contributed by atoms with Crippen molar-refractivity contribution in [2.75, 3.05) is 5.32 Å². The Labute approximate surface area is 125 Å². The van der Waals surface area contributed by atoms with E-state index in [1.165, 1.54) is 0 Å². The minimum absolute atomic E-state index is 0.125. The second-order valence-electron chi connectivity index (χ2n) is 3.76. The third kappa shape index (κ3) is 3.19. The van der Waals surface area contributed by atoms with Crippen LogP contribution in [0.5, 0.6) is 0 Å². The summed E-state index contributed by atoms with van der Waals surface area (Å²) in [5.41, 5.74) is -1.39. The molecule has 1 aromatic carbocycles. The predicted octanol–water partition coefficient (Wildman–Crippen LogP) is 2.47. The molecule has 2 aromatic rings. The summed E-state index contributed by atoms with van der Waals surface area (Å²) >= 11 is 2.88. The maximum atomic E-state index is 13.6. The van der Waals surface area contributed by atoms with Crippen molar-refractivity contribution < 1.29 is 23.5 Å².